The van der Waals surface area contributed by atoms with Crippen LogP contribution in [0.4, 0.5) is 0 Å². The number of pyridine rings is 1. The van der Waals surface area contributed by atoms with Crippen LogP contribution in [0, 0.1) is 0 Å². The number of nitrogens with zero attached hydrogens (tertiary/aromatic N) is 2. The highest BCUT2D eigenvalue weighted by Crippen LogP contribution is 2.29. The molecule has 7 heteroatoms. The van der Waals surface area contributed by atoms with E-state index in [1.165, 1.54) is 34.8 Å². The first-order valence-corrected chi connectivity index (χ1v) is 10.8. The van der Waals surface area contributed by atoms with Gasteiger partial charge >= 0.3 is 0 Å². The maximum absolute atomic E-state index is 12.1. The third kappa shape index (κ3) is 4.45. The van der Waals surface area contributed by atoms with Gasteiger partial charge in [0.2, 0.25) is 0 Å². The van der Waals surface area contributed by atoms with E-state index in [9.17, 15) is 4.79 Å². The quantitative estimate of drug-likeness (QED) is 0.582. The van der Waals surface area contributed by atoms with E-state index in [-0.39, 0.29) is 12.5 Å². The highest BCUT2D eigenvalue weighted by Gasteiger charge is 2.15. The van der Waals surface area contributed by atoms with E-state index >= 15 is 0 Å². The van der Waals surface area contributed by atoms with Crippen molar-refractivity contribution in [1.29, 1.82) is 0 Å². The molecule has 0 saturated carbocycles. The van der Waals surface area contributed by atoms with E-state index in [1.54, 1.807) is 18.3 Å². The van der Waals surface area contributed by atoms with Gasteiger partial charge in [0, 0.05) is 29.4 Å². The number of hydrogen-bond donors (Lipinski definition) is 1. The Kier molecular flexibility index (Phi) is 6.07. The zero-order valence-electron chi connectivity index (χ0n) is 15.5. The number of hydrogen-bond acceptors (Lipinski definition) is 5. The average Bonchev–Trinajstić information content (AvgIpc) is 3.14. The zero-order valence-corrected chi connectivity index (χ0v) is 17.1. The summed E-state index contributed by atoms with van der Waals surface area (Å²) in [7, 11) is 0. The fourth-order valence-electron chi connectivity index (χ4n) is 3.40. The van der Waals surface area contributed by atoms with E-state index in [0.29, 0.717) is 22.8 Å². The number of rotatable bonds is 7. The van der Waals surface area contributed by atoms with E-state index < -0.39 is 0 Å². The van der Waals surface area contributed by atoms with Crippen LogP contribution in [-0.2, 0) is 24.1 Å². The minimum absolute atomic E-state index is 0.0428. The molecule has 146 valence electrons. The Morgan fingerprint density at radius 3 is 3.04 bits per heavy atom. The van der Waals surface area contributed by atoms with Crippen LogP contribution in [0.15, 0.2) is 30.5 Å². The number of thiazole rings is 1. The number of fused-ring (bicyclic) bond motifs is 2. The van der Waals surface area contributed by atoms with Crippen LogP contribution in [0.5, 0.6) is 5.75 Å². The number of aryl methyl sites for hydroxylation is 3. The second-order valence-corrected chi connectivity index (χ2v) is 8.45. The van der Waals surface area contributed by atoms with Crippen LogP contribution < -0.4 is 10.1 Å². The van der Waals surface area contributed by atoms with Crippen molar-refractivity contribution in [2.24, 2.45) is 0 Å². The van der Waals surface area contributed by atoms with Crippen LogP contribution in [0.1, 0.15) is 34.8 Å². The van der Waals surface area contributed by atoms with Gasteiger partial charge in [-0.15, -0.1) is 11.3 Å². The monoisotopic (exact) mass is 415 g/mol. The summed E-state index contributed by atoms with van der Waals surface area (Å²) in [6.45, 7) is 0.574. The second-order valence-electron chi connectivity index (χ2n) is 6.87. The highest BCUT2D eigenvalue weighted by atomic mass is 35.5. The molecule has 1 aliphatic carbocycles. The van der Waals surface area contributed by atoms with Crippen molar-refractivity contribution in [2.45, 2.75) is 38.5 Å². The lowest BCUT2D eigenvalue weighted by Crippen LogP contribution is -2.30. The molecule has 1 amide bonds. The second kappa shape index (κ2) is 8.88. The number of aromatic nitrogens is 2. The first-order chi connectivity index (χ1) is 13.7. The number of amides is 1. The molecule has 0 aliphatic heterocycles. The predicted molar refractivity (Wildman–Crippen MR) is 112 cm³/mol. The Morgan fingerprint density at radius 1 is 1.25 bits per heavy atom. The Balaban J connectivity index is 1.23. The van der Waals surface area contributed by atoms with Gasteiger partial charge in [-0.05, 0) is 56.4 Å². The zero-order chi connectivity index (χ0) is 19.3. The van der Waals surface area contributed by atoms with Crippen LogP contribution in [0.2, 0.25) is 5.02 Å². The molecular formula is C21H22ClN3O2S. The first-order valence-electron chi connectivity index (χ1n) is 9.61. The fourth-order valence-corrected chi connectivity index (χ4v) is 4.82. The number of halogens is 1. The third-order valence-electron chi connectivity index (χ3n) is 4.82. The molecule has 28 heavy (non-hydrogen) atoms. The molecule has 1 aromatic carbocycles. The largest absolute Gasteiger partial charge is 0.481 e. The van der Waals surface area contributed by atoms with E-state index in [2.05, 4.69) is 10.3 Å². The lowest BCUT2D eigenvalue weighted by molar-refractivity contribution is -0.123. The number of carbonyl (C=O) groups is 1. The molecule has 0 unspecified atom stereocenters. The van der Waals surface area contributed by atoms with Crippen LogP contribution in [0.25, 0.3) is 10.9 Å². The Morgan fingerprint density at radius 2 is 2.14 bits per heavy atom. The SMILES string of the molecule is O=C(COc1ccc(Cl)c2cccnc12)NCCCc1nc2c(s1)CCCC2. The molecule has 0 fully saturated rings. The Bertz CT molecular complexity index is 965. The van der Waals surface area contributed by atoms with Gasteiger partial charge in [0.05, 0.1) is 15.7 Å². The average molecular weight is 416 g/mol. The van der Waals surface area contributed by atoms with Crippen molar-refractivity contribution in [2.75, 3.05) is 13.2 Å². The maximum atomic E-state index is 12.1. The summed E-state index contributed by atoms with van der Waals surface area (Å²) in [5, 5.41) is 5.53. The van der Waals surface area contributed by atoms with Crippen molar-refractivity contribution in [3.8, 4) is 5.75 Å². The lowest BCUT2D eigenvalue weighted by atomic mass is 10.0. The van der Waals surface area contributed by atoms with Gasteiger partial charge in [0.15, 0.2) is 6.61 Å². The summed E-state index contributed by atoms with van der Waals surface area (Å²) >= 11 is 8.02. The molecule has 0 bridgehead atoms. The molecule has 2 aromatic heterocycles. The van der Waals surface area contributed by atoms with Crippen LogP contribution in [0.3, 0.4) is 0 Å². The van der Waals surface area contributed by atoms with Crippen molar-refractivity contribution >= 4 is 39.7 Å². The summed E-state index contributed by atoms with van der Waals surface area (Å²) in [6.07, 6.45) is 8.30. The molecule has 0 radical (unpaired) electrons. The molecule has 0 spiro atoms. The molecule has 3 aromatic rings. The maximum Gasteiger partial charge on any atom is 0.257 e. The van der Waals surface area contributed by atoms with Crippen molar-refractivity contribution in [3.63, 3.8) is 0 Å². The van der Waals surface area contributed by atoms with Gasteiger partial charge in [0.25, 0.3) is 5.91 Å². The summed E-state index contributed by atoms with van der Waals surface area (Å²) in [4.78, 5) is 22.6. The number of nitrogens with one attached hydrogen (secondary N) is 1. The minimum atomic E-state index is -0.141. The number of ether oxygens (including phenoxy) is 1. The smallest absolute Gasteiger partial charge is 0.257 e. The molecule has 1 N–H and O–H groups in total. The van der Waals surface area contributed by atoms with Crippen molar-refractivity contribution in [1.82, 2.24) is 15.3 Å². The topological polar surface area (TPSA) is 64.1 Å². The van der Waals surface area contributed by atoms with E-state index in [1.807, 2.05) is 23.5 Å². The van der Waals surface area contributed by atoms with Gasteiger partial charge in [-0.3, -0.25) is 9.78 Å². The van der Waals surface area contributed by atoms with Gasteiger partial charge in [0.1, 0.15) is 11.3 Å². The highest BCUT2D eigenvalue weighted by molar-refractivity contribution is 7.11. The molecule has 1 aliphatic rings. The summed E-state index contributed by atoms with van der Waals surface area (Å²) < 4.78 is 5.66. The predicted octanol–water partition coefficient (Wildman–Crippen LogP) is 4.35. The van der Waals surface area contributed by atoms with Gasteiger partial charge in [-0.2, -0.15) is 0 Å². The number of carbonyl (C=O) groups excluding carboxylic acids is 1. The summed E-state index contributed by atoms with van der Waals surface area (Å²) in [5.41, 5.74) is 1.96. The molecule has 4 rings (SSSR count). The molecule has 2 heterocycles. The standard InChI is InChI=1S/C21H22ClN3O2S/c22-15-9-10-17(21-14(15)5-3-12-24-21)27-13-19(26)23-11-4-8-20-25-16-6-1-2-7-18(16)28-20/h3,5,9-10,12H,1-2,4,6-8,11,13H2,(H,23,26). The summed E-state index contributed by atoms with van der Waals surface area (Å²) in [5.74, 6) is 0.418. The van der Waals surface area contributed by atoms with Gasteiger partial charge < -0.3 is 10.1 Å². The third-order valence-corrected chi connectivity index (χ3v) is 6.36. The molecule has 5 nitrogen and oxygen atoms in total. The Hall–Kier alpha value is -2.18. The van der Waals surface area contributed by atoms with Crippen LogP contribution in [-0.4, -0.2) is 29.0 Å². The van der Waals surface area contributed by atoms with E-state index in [0.717, 1.165) is 24.6 Å². The first kappa shape index (κ1) is 19.2. The van der Waals surface area contributed by atoms with Crippen molar-refractivity contribution in [3.05, 3.63) is 51.1 Å². The van der Waals surface area contributed by atoms with Gasteiger partial charge in [-0.1, -0.05) is 11.6 Å². The minimum Gasteiger partial charge on any atom is -0.481 e. The van der Waals surface area contributed by atoms with E-state index in [4.69, 9.17) is 21.3 Å². The lowest BCUT2D eigenvalue weighted by Gasteiger charge is -2.10. The summed E-state index contributed by atoms with van der Waals surface area (Å²) in [6, 6.07) is 7.21. The molecular weight excluding hydrogens is 394 g/mol. The van der Waals surface area contributed by atoms with Crippen LogP contribution >= 0.6 is 22.9 Å². The molecule has 0 saturated heterocycles. The Labute approximate surface area is 173 Å². The van der Waals surface area contributed by atoms with Gasteiger partial charge in [-0.25, -0.2) is 4.98 Å². The molecule has 0 atom stereocenters. The van der Waals surface area contributed by atoms with Crippen molar-refractivity contribution < 1.29 is 9.53 Å². The normalized spacial score (nSPS) is 13.3. The fraction of sp³-hybridized carbons (Fsp3) is 0.381. The number of benzene rings is 1.